The molecule has 1 unspecified atom stereocenters. The van der Waals surface area contributed by atoms with Gasteiger partial charge in [-0.2, -0.15) is 0 Å². The molecular formula is C4H7ClNNaO3. The second-order valence-electron chi connectivity index (χ2n) is 1.63. The number of hydrogen-bond acceptors (Lipinski definition) is 3. The Labute approximate surface area is 86.1 Å². The molecule has 0 spiro atoms. The first kappa shape index (κ1) is 13.0. The summed E-state index contributed by atoms with van der Waals surface area (Å²) in [6.45, 7) is 0. The maximum atomic E-state index is 10.2. The van der Waals surface area contributed by atoms with Gasteiger partial charge >= 0.3 is 29.6 Å². The van der Waals surface area contributed by atoms with Crippen molar-refractivity contribution in [3.63, 3.8) is 0 Å². The number of hydrogen-bond donors (Lipinski definition) is 2. The summed E-state index contributed by atoms with van der Waals surface area (Å²) >= 11 is 0. The number of carbonyl (C=O) groups is 2. The third kappa shape index (κ3) is 2.98. The SMILES string of the molecule is Cl.O=C1CC(O)C(=O)N1.[NaH]. The van der Waals surface area contributed by atoms with Crippen molar-refractivity contribution in [3.05, 3.63) is 0 Å². The monoisotopic (exact) mass is 175 g/mol. The van der Waals surface area contributed by atoms with E-state index in [0.29, 0.717) is 0 Å². The van der Waals surface area contributed by atoms with Gasteiger partial charge in [0.15, 0.2) is 0 Å². The van der Waals surface area contributed by atoms with E-state index >= 15 is 0 Å². The molecule has 0 aromatic carbocycles. The second kappa shape index (κ2) is 5.09. The molecule has 6 heteroatoms. The van der Waals surface area contributed by atoms with Gasteiger partial charge in [0.25, 0.3) is 5.91 Å². The van der Waals surface area contributed by atoms with Gasteiger partial charge < -0.3 is 5.11 Å². The topological polar surface area (TPSA) is 66.4 Å². The zero-order valence-corrected chi connectivity index (χ0v) is 5.27. The molecule has 1 rings (SSSR count). The summed E-state index contributed by atoms with van der Waals surface area (Å²) in [5.41, 5.74) is 0. The predicted octanol–water partition coefficient (Wildman–Crippen LogP) is -1.83. The van der Waals surface area contributed by atoms with E-state index in [4.69, 9.17) is 5.11 Å². The quantitative estimate of drug-likeness (QED) is 0.336. The summed E-state index contributed by atoms with van der Waals surface area (Å²) in [4.78, 5) is 20.4. The Morgan fingerprint density at radius 3 is 2.10 bits per heavy atom. The van der Waals surface area contributed by atoms with Crippen molar-refractivity contribution in [2.75, 3.05) is 0 Å². The summed E-state index contributed by atoms with van der Waals surface area (Å²) in [5.74, 6) is -0.988. The van der Waals surface area contributed by atoms with Crippen molar-refractivity contribution in [2.45, 2.75) is 12.5 Å². The second-order valence-corrected chi connectivity index (χ2v) is 1.63. The van der Waals surface area contributed by atoms with Gasteiger partial charge in [0.05, 0.1) is 6.42 Å². The Morgan fingerprint density at radius 2 is 2.00 bits per heavy atom. The Morgan fingerprint density at radius 1 is 1.50 bits per heavy atom. The number of carbonyl (C=O) groups excluding carboxylic acids is 2. The minimum atomic E-state index is -1.11. The molecule has 1 aliphatic heterocycles. The van der Waals surface area contributed by atoms with Gasteiger partial charge in [0, 0.05) is 0 Å². The Bertz CT molecular complexity index is 151. The fourth-order valence-electron chi connectivity index (χ4n) is 0.540. The van der Waals surface area contributed by atoms with Gasteiger partial charge in [0.1, 0.15) is 6.10 Å². The van der Waals surface area contributed by atoms with Crippen LogP contribution in [0.1, 0.15) is 6.42 Å². The van der Waals surface area contributed by atoms with Crippen molar-refractivity contribution in [1.29, 1.82) is 0 Å². The summed E-state index contributed by atoms with van der Waals surface area (Å²) in [7, 11) is 0. The van der Waals surface area contributed by atoms with Crippen LogP contribution in [0.5, 0.6) is 0 Å². The molecule has 0 bridgehead atoms. The zero-order chi connectivity index (χ0) is 6.15. The van der Waals surface area contributed by atoms with Crippen LogP contribution in [-0.2, 0) is 9.59 Å². The molecule has 1 aliphatic rings. The predicted molar refractivity (Wildman–Crippen MR) is 38.2 cm³/mol. The molecule has 54 valence electrons. The van der Waals surface area contributed by atoms with E-state index in [9.17, 15) is 9.59 Å². The molecule has 0 aliphatic carbocycles. The Hall–Kier alpha value is 0.390. The van der Waals surface area contributed by atoms with Crippen LogP contribution in [0.25, 0.3) is 0 Å². The summed E-state index contributed by atoms with van der Waals surface area (Å²) in [5, 5.41) is 10.5. The van der Waals surface area contributed by atoms with Crippen LogP contribution < -0.4 is 5.32 Å². The maximum absolute atomic E-state index is 10.2. The molecule has 1 atom stereocenters. The molecule has 1 saturated heterocycles. The number of nitrogens with one attached hydrogen (secondary N) is 1. The average molecular weight is 176 g/mol. The van der Waals surface area contributed by atoms with Crippen LogP contribution in [0.15, 0.2) is 0 Å². The molecule has 2 amide bonds. The van der Waals surface area contributed by atoms with Crippen LogP contribution >= 0.6 is 12.4 Å². The number of rotatable bonds is 0. The molecule has 0 aromatic rings. The fourth-order valence-corrected chi connectivity index (χ4v) is 0.540. The van der Waals surface area contributed by atoms with E-state index in [1.54, 1.807) is 0 Å². The molecule has 1 fully saturated rings. The summed E-state index contributed by atoms with van der Waals surface area (Å²) in [6, 6.07) is 0. The Kier molecular flexibility index (Phi) is 6.63. The first-order valence-electron chi connectivity index (χ1n) is 2.22. The molecule has 1 heterocycles. The molecule has 2 N–H and O–H groups in total. The van der Waals surface area contributed by atoms with Crippen LogP contribution in [0, 0.1) is 0 Å². The van der Waals surface area contributed by atoms with E-state index in [2.05, 4.69) is 0 Å². The van der Waals surface area contributed by atoms with E-state index in [0.717, 1.165) is 0 Å². The molecule has 0 radical (unpaired) electrons. The first-order valence-corrected chi connectivity index (χ1v) is 2.22. The minimum absolute atomic E-state index is 0. The zero-order valence-electron chi connectivity index (χ0n) is 4.46. The van der Waals surface area contributed by atoms with Gasteiger partial charge in [-0.1, -0.05) is 0 Å². The normalized spacial score (nSPS) is 22.7. The van der Waals surface area contributed by atoms with E-state index in [-0.39, 0.29) is 48.4 Å². The van der Waals surface area contributed by atoms with Gasteiger partial charge in [-0.3, -0.25) is 14.9 Å². The van der Waals surface area contributed by atoms with Crippen molar-refractivity contribution in [2.24, 2.45) is 0 Å². The number of amides is 2. The van der Waals surface area contributed by atoms with Gasteiger partial charge in [-0.25, -0.2) is 0 Å². The third-order valence-electron chi connectivity index (χ3n) is 0.944. The van der Waals surface area contributed by atoms with E-state index in [1.807, 2.05) is 5.32 Å². The molecule has 0 saturated carbocycles. The molecule has 4 nitrogen and oxygen atoms in total. The van der Waals surface area contributed by atoms with Gasteiger partial charge in [0.2, 0.25) is 5.91 Å². The molecular weight excluding hydrogens is 168 g/mol. The number of imide groups is 1. The van der Waals surface area contributed by atoms with Crippen LogP contribution in [0.3, 0.4) is 0 Å². The van der Waals surface area contributed by atoms with Crippen molar-refractivity contribution < 1.29 is 14.7 Å². The third-order valence-corrected chi connectivity index (χ3v) is 0.944. The van der Waals surface area contributed by atoms with Gasteiger partial charge in [-0.05, 0) is 0 Å². The van der Waals surface area contributed by atoms with Crippen molar-refractivity contribution in [1.82, 2.24) is 5.32 Å². The van der Waals surface area contributed by atoms with E-state index < -0.39 is 17.9 Å². The molecule has 0 aromatic heterocycles. The van der Waals surface area contributed by atoms with Crippen LogP contribution in [0.2, 0.25) is 0 Å². The van der Waals surface area contributed by atoms with Crippen molar-refractivity contribution >= 4 is 53.8 Å². The van der Waals surface area contributed by atoms with Crippen LogP contribution in [0.4, 0.5) is 0 Å². The van der Waals surface area contributed by atoms with Gasteiger partial charge in [-0.15, -0.1) is 12.4 Å². The standard InChI is InChI=1S/C4H5NO3.ClH.Na.H/c6-2-1-3(7)5-4(2)8;;;/h2,6H,1H2,(H,5,7,8);1H;;. The number of halogens is 1. The number of aliphatic hydroxyl groups is 1. The van der Waals surface area contributed by atoms with Crippen LogP contribution in [-0.4, -0.2) is 52.6 Å². The average Bonchev–Trinajstić information content (AvgIpc) is 1.85. The summed E-state index contributed by atoms with van der Waals surface area (Å²) in [6.07, 6.45) is -1.19. The van der Waals surface area contributed by atoms with Crippen molar-refractivity contribution in [3.8, 4) is 0 Å². The Balaban J connectivity index is 0. The van der Waals surface area contributed by atoms with E-state index in [1.165, 1.54) is 0 Å². The molecule has 10 heavy (non-hydrogen) atoms. The summed E-state index contributed by atoms with van der Waals surface area (Å²) < 4.78 is 0. The first-order chi connectivity index (χ1) is 3.70. The number of aliphatic hydroxyl groups excluding tert-OH is 1. The fraction of sp³-hybridized carbons (Fsp3) is 0.500.